The summed E-state index contributed by atoms with van der Waals surface area (Å²) in [6, 6.07) is 2.20. The van der Waals surface area contributed by atoms with Crippen LogP contribution in [-0.2, 0) is 4.74 Å². The highest BCUT2D eigenvalue weighted by Gasteiger charge is 2.14. The van der Waals surface area contributed by atoms with Gasteiger partial charge in [-0.1, -0.05) is 0 Å². The van der Waals surface area contributed by atoms with E-state index in [-0.39, 0.29) is 5.92 Å². The first-order chi connectivity index (χ1) is 5.83. The van der Waals surface area contributed by atoms with Gasteiger partial charge in [-0.05, 0) is 19.3 Å². The van der Waals surface area contributed by atoms with Gasteiger partial charge in [-0.3, -0.25) is 0 Å². The lowest BCUT2D eigenvalue weighted by molar-refractivity contribution is 0.185. The molecule has 0 aromatic carbocycles. The number of hydrogen-bond acceptors (Lipinski definition) is 3. The summed E-state index contributed by atoms with van der Waals surface area (Å²) in [7, 11) is 0. The summed E-state index contributed by atoms with van der Waals surface area (Å²) in [6.45, 7) is 5.51. The van der Waals surface area contributed by atoms with E-state index in [0.29, 0.717) is 5.92 Å². The average molecular weight is 168 g/mol. The summed E-state index contributed by atoms with van der Waals surface area (Å²) < 4.78 is 5.24. The molecule has 0 saturated carbocycles. The van der Waals surface area contributed by atoms with Gasteiger partial charge in [-0.15, -0.1) is 0 Å². The van der Waals surface area contributed by atoms with Crippen molar-refractivity contribution in [3.05, 3.63) is 0 Å². The molecule has 0 amide bonds. The van der Waals surface area contributed by atoms with Gasteiger partial charge in [0.15, 0.2) is 0 Å². The van der Waals surface area contributed by atoms with Crippen molar-refractivity contribution in [1.29, 1.82) is 5.26 Å². The molecule has 1 heterocycles. The van der Waals surface area contributed by atoms with Gasteiger partial charge < -0.3 is 10.1 Å². The molecule has 3 nitrogen and oxygen atoms in total. The molecule has 0 radical (unpaired) electrons. The molecule has 0 aliphatic carbocycles. The minimum Gasteiger partial charge on any atom is -0.381 e. The van der Waals surface area contributed by atoms with Crippen LogP contribution < -0.4 is 5.32 Å². The monoisotopic (exact) mass is 168 g/mol. The van der Waals surface area contributed by atoms with E-state index in [1.807, 2.05) is 6.92 Å². The van der Waals surface area contributed by atoms with Crippen LogP contribution in [0.15, 0.2) is 0 Å². The quantitative estimate of drug-likeness (QED) is 0.674. The fraction of sp³-hybridized carbons (Fsp3) is 0.889. The highest BCUT2D eigenvalue weighted by molar-refractivity contribution is 4.80. The van der Waals surface area contributed by atoms with Gasteiger partial charge in [-0.2, -0.15) is 5.26 Å². The molecular formula is C9H16N2O. The van der Waals surface area contributed by atoms with Crippen molar-refractivity contribution in [2.24, 2.45) is 11.8 Å². The van der Waals surface area contributed by atoms with Crippen LogP contribution in [0.25, 0.3) is 0 Å². The Hall–Kier alpha value is -0.590. The Kier molecular flexibility index (Phi) is 4.06. The van der Waals surface area contributed by atoms with E-state index < -0.39 is 0 Å². The molecule has 68 valence electrons. The lowest BCUT2D eigenvalue weighted by Gasteiger charge is -2.09. The van der Waals surface area contributed by atoms with Gasteiger partial charge >= 0.3 is 0 Å². The van der Waals surface area contributed by atoms with Crippen molar-refractivity contribution in [3.63, 3.8) is 0 Å². The molecule has 1 aliphatic heterocycles. The zero-order valence-corrected chi connectivity index (χ0v) is 7.55. The van der Waals surface area contributed by atoms with Gasteiger partial charge in [0.05, 0.1) is 18.6 Å². The van der Waals surface area contributed by atoms with E-state index in [9.17, 15) is 0 Å². The molecule has 2 atom stereocenters. The smallest absolute Gasteiger partial charge is 0.0666 e. The minimum atomic E-state index is 0.118. The van der Waals surface area contributed by atoms with Crippen LogP contribution in [0.1, 0.15) is 13.3 Å². The Morgan fingerprint density at radius 2 is 2.58 bits per heavy atom. The normalized spacial score (nSPS) is 25.2. The van der Waals surface area contributed by atoms with Crippen molar-refractivity contribution in [2.45, 2.75) is 13.3 Å². The van der Waals surface area contributed by atoms with Crippen LogP contribution in [0.3, 0.4) is 0 Å². The summed E-state index contributed by atoms with van der Waals surface area (Å²) in [4.78, 5) is 0. The maximum atomic E-state index is 8.51. The first-order valence-corrected chi connectivity index (χ1v) is 4.51. The highest BCUT2D eigenvalue weighted by atomic mass is 16.5. The molecule has 1 N–H and O–H groups in total. The highest BCUT2D eigenvalue weighted by Crippen LogP contribution is 2.10. The third kappa shape index (κ3) is 3.21. The van der Waals surface area contributed by atoms with Crippen molar-refractivity contribution < 1.29 is 4.74 Å². The standard InChI is InChI=1S/C9H16N2O/c1-8(4-10)5-11-6-9-2-3-12-7-9/h8-9,11H,2-3,5-7H2,1H3. The third-order valence-electron chi connectivity index (χ3n) is 2.13. The maximum Gasteiger partial charge on any atom is 0.0666 e. The molecule has 1 fully saturated rings. The maximum absolute atomic E-state index is 8.51. The lowest BCUT2D eigenvalue weighted by atomic mass is 10.1. The molecule has 0 bridgehead atoms. The summed E-state index contributed by atoms with van der Waals surface area (Å²) >= 11 is 0. The second-order valence-corrected chi connectivity index (χ2v) is 3.42. The summed E-state index contributed by atoms with van der Waals surface area (Å²) in [5.74, 6) is 0.781. The molecular weight excluding hydrogens is 152 g/mol. The molecule has 0 spiro atoms. The molecule has 2 unspecified atom stereocenters. The Bertz CT molecular complexity index is 158. The largest absolute Gasteiger partial charge is 0.381 e. The predicted molar refractivity (Wildman–Crippen MR) is 46.6 cm³/mol. The number of nitrogens with one attached hydrogen (secondary N) is 1. The summed E-state index contributed by atoms with van der Waals surface area (Å²) in [5.41, 5.74) is 0. The van der Waals surface area contributed by atoms with Crippen molar-refractivity contribution in [1.82, 2.24) is 5.32 Å². The van der Waals surface area contributed by atoms with E-state index in [4.69, 9.17) is 10.00 Å². The van der Waals surface area contributed by atoms with Gasteiger partial charge in [0.25, 0.3) is 0 Å². The molecule has 1 rings (SSSR count). The molecule has 0 aromatic heterocycles. The Balaban J connectivity index is 1.98. The second kappa shape index (κ2) is 5.13. The van der Waals surface area contributed by atoms with Gasteiger partial charge in [0, 0.05) is 19.7 Å². The molecule has 12 heavy (non-hydrogen) atoms. The van der Waals surface area contributed by atoms with E-state index >= 15 is 0 Å². The van der Waals surface area contributed by atoms with E-state index in [2.05, 4.69) is 11.4 Å². The van der Waals surface area contributed by atoms with Crippen molar-refractivity contribution in [2.75, 3.05) is 26.3 Å². The van der Waals surface area contributed by atoms with E-state index in [0.717, 1.165) is 32.7 Å². The number of ether oxygens (including phenoxy) is 1. The third-order valence-corrected chi connectivity index (χ3v) is 2.13. The van der Waals surface area contributed by atoms with Crippen molar-refractivity contribution in [3.8, 4) is 6.07 Å². The van der Waals surface area contributed by atoms with Gasteiger partial charge in [0.1, 0.15) is 0 Å². The van der Waals surface area contributed by atoms with Crippen LogP contribution in [-0.4, -0.2) is 26.3 Å². The van der Waals surface area contributed by atoms with E-state index in [1.54, 1.807) is 0 Å². The molecule has 3 heteroatoms. The SMILES string of the molecule is CC(C#N)CNCC1CCOC1. The Labute approximate surface area is 73.7 Å². The lowest BCUT2D eigenvalue weighted by Crippen LogP contribution is -2.26. The van der Waals surface area contributed by atoms with Crippen molar-refractivity contribution >= 4 is 0 Å². The van der Waals surface area contributed by atoms with Crippen LogP contribution in [0.5, 0.6) is 0 Å². The summed E-state index contributed by atoms with van der Waals surface area (Å²) in [5, 5.41) is 11.8. The van der Waals surface area contributed by atoms with Crippen LogP contribution >= 0.6 is 0 Å². The second-order valence-electron chi connectivity index (χ2n) is 3.42. The number of nitrogens with zero attached hydrogens (tertiary/aromatic N) is 1. The number of hydrogen-bond donors (Lipinski definition) is 1. The predicted octanol–water partition coefficient (Wildman–Crippen LogP) is 0.772. The summed E-state index contributed by atoms with van der Waals surface area (Å²) in [6.07, 6.45) is 1.16. The van der Waals surface area contributed by atoms with Gasteiger partial charge in [0.2, 0.25) is 0 Å². The first kappa shape index (κ1) is 9.50. The van der Waals surface area contributed by atoms with Crippen LogP contribution in [0.2, 0.25) is 0 Å². The number of rotatable bonds is 4. The number of nitriles is 1. The van der Waals surface area contributed by atoms with Crippen LogP contribution in [0, 0.1) is 23.2 Å². The average Bonchev–Trinajstić information content (AvgIpc) is 2.57. The minimum absolute atomic E-state index is 0.118. The van der Waals surface area contributed by atoms with E-state index in [1.165, 1.54) is 0 Å². The van der Waals surface area contributed by atoms with Crippen LogP contribution in [0.4, 0.5) is 0 Å². The fourth-order valence-corrected chi connectivity index (χ4v) is 1.29. The van der Waals surface area contributed by atoms with Gasteiger partial charge in [-0.25, -0.2) is 0 Å². The zero-order valence-electron chi connectivity index (χ0n) is 7.55. The zero-order chi connectivity index (χ0) is 8.81. The topological polar surface area (TPSA) is 45.0 Å². The molecule has 0 aromatic rings. The first-order valence-electron chi connectivity index (χ1n) is 4.51. The molecule has 1 aliphatic rings. The molecule has 1 saturated heterocycles. The fourth-order valence-electron chi connectivity index (χ4n) is 1.29. The Morgan fingerprint density at radius 3 is 3.17 bits per heavy atom. The Morgan fingerprint density at radius 1 is 1.75 bits per heavy atom.